The molecule has 1 atom stereocenters. The van der Waals surface area contributed by atoms with E-state index in [1.165, 1.54) is 0 Å². The number of amides is 1. The number of hydrogen-bond acceptors (Lipinski definition) is 2. The molecule has 1 fully saturated rings. The zero-order valence-electron chi connectivity index (χ0n) is 9.24. The van der Waals surface area contributed by atoms with E-state index in [0.29, 0.717) is 0 Å². The summed E-state index contributed by atoms with van der Waals surface area (Å²) in [5.74, 6) is 0.0255. The lowest BCUT2D eigenvalue weighted by molar-refractivity contribution is -0.120. The van der Waals surface area contributed by atoms with Crippen LogP contribution < -0.4 is 10.6 Å². The average molecular weight is 283 g/mol. The first-order valence-electron chi connectivity index (χ1n) is 5.43. The fourth-order valence-corrected chi connectivity index (χ4v) is 2.46. The van der Waals surface area contributed by atoms with Crippen molar-refractivity contribution in [1.29, 1.82) is 0 Å². The van der Waals surface area contributed by atoms with E-state index in [1.807, 2.05) is 25.1 Å². The van der Waals surface area contributed by atoms with Gasteiger partial charge in [-0.1, -0.05) is 12.1 Å². The molecule has 2 rings (SSSR count). The van der Waals surface area contributed by atoms with Gasteiger partial charge >= 0.3 is 0 Å². The van der Waals surface area contributed by atoms with Gasteiger partial charge in [-0.05, 0) is 47.3 Å². The van der Waals surface area contributed by atoms with Crippen LogP contribution in [0.1, 0.15) is 18.4 Å². The molecule has 1 aromatic rings. The molecule has 0 aliphatic carbocycles. The highest BCUT2D eigenvalue weighted by molar-refractivity contribution is 9.10. The van der Waals surface area contributed by atoms with Crippen LogP contribution in [-0.4, -0.2) is 18.5 Å². The van der Waals surface area contributed by atoms with Crippen molar-refractivity contribution in [2.24, 2.45) is 5.73 Å². The number of rotatable bonds is 1. The average Bonchev–Trinajstić information content (AvgIpc) is 2.27. The van der Waals surface area contributed by atoms with Crippen molar-refractivity contribution in [3.63, 3.8) is 0 Å². The molecule has 1 aliphatic rings. The van der Waals surface area contributed by atoms with E-state index >= 15 is 0 Å². The van der Waals surface area contributed by atoms with Gasteiger partial charge in [-0.25, -0.2) is 0 Å². The Kier molecular flexibility index (Phi) is 3.30. The second-order valence-electron chi connectivity index (χ2n) is 4.15. The van der Waals surface area contributed by atoms with Gasteiger partial charge in [0.25, 0.3) is 0 Å². The van der Waals surface area contributed by atoms with Crippen LogP contribution in [0.25, 0.3) is 0 Å². The van der Waals surface area contributed by atoms with Gasteiger partial charge in [0.2, 0.25) is 5.91 Å². The number of carbonyl (C=O) groups is 1. The van der Waals surface area contributed by atoms with Crippen molar-refractivity contribution in [3.05, 3.63) is 28.2 Å². The fourth-order valence-electron chi connectivity index (χ4n) is 1.98. The number of aryl methyl sites for hydroxylation is 1. The lowest BCUT2D eigenvalue weighted by Gasteiger charge is -2.31. The van der Waals surface area contributed by atoms with Crippen molar-refractivity contribution in [1.82, 2.24) is 0 Å². The van der Waals surface area contributed by atoms with Crippen LogP contribution in [0.4, 0.5) is 5.69 Å². The highest BCUT2D eigenvalue weighted by atomic mass is 79.9. The normalized spacial score (nSPS) is 21.3. The number of hydrogen-bond donors (Lipinski definition) is 1. The Labute approximate surface area is 104 Å². The number of nitrogens with zero attached hydrogens (tertiary/aromatic N) is 1. The summed E-state index contributed by atoms with van der Waals surface area (Å²) in [6.07, 6.45) is 1.76. The van der Waals surface area contributed by atoms with Gasteiger partial charge in [0.05, 0.1) is 11.7 Å². The second-order valence-corrected chi connectivity index (χ2v) is 4.94. The highest BCUT2D eigenvalue weighted by Crippen LogP contribution is 2.31. The monoisotopic (exact) mass is 282 g/mol. The molecule has 86 valence electrons. The van der Waals surface area contributed by atoms with Crippen molar-refractivity contribution >= 4 is 27.5 Å². The molecule has 2 N–H and O–H groups in total. The van der Waals surface area contributed by atoms with Crippen LogP contribution in [0.3, 0.4) is 0 Å². The molecule has 0 radical (unpaired) electrons. The summed E-state index contributed by atoms with van der Waals surface area (Å²) in [4.78, 5) is 13.8. The summed E-state index contributed by atoms with van der Waals surface area (Å²) >= 11 is 3.53. The summed E-state index contributed by atoms with van der Waals surface area (Å²) in [7, 11) is 0. The molecule has 0 saturated carbocycles. The zero-order chi connectivity index (χ0) is 11.7. The number of nitrogens with two attached hydrogens (primary N) is 1. The minimum Gasteiger partial charge on any atom is -0.320 e. The minimum absolute atomic E-state index is 0.0255. The lowest BCUT2D eigenvalue weighted by atomic mass is 10.0. The van der Waals surface area contributed by atoms with Crippen molar-refractivity contribution in [2.75, 3.05) is 11.4 Å². The molecule has 1 unspecified atom stereocenters. The van der Waals surface area contributed by atoms with E-state index in [9.17, 15) is 4.79 Å². The molecule has 1 aliphatic heterocycles. The Hall–Kier alpha value is -0.870. The number of carbonyl (C=O) groups excluding carboxylic acids is 1. The van der Waals surface area contributed by atoms with E-state index < -0.39 is 0 Å². The molecule has 3 nitrogen and oxygen atoms in total. The largest absolute Gasteiger partial charge is 0.320 e. The summed E-state index contributed by atoms with van der Waals surface area (Å²) < 4.78 is 0.984. The van der Waals surface area contributed by atoms with E-state index in [1.54, 1.807) is 4.90 Å². The molecule has 16 heavy (non-hydrogen) atoms. The highest BCUT2D eigenvalue weighted by Gasteiger charge is 2.27. The standard InChI is InChI=1S/C12H15BrN2O/c1-8-4-2-6-10(11(8)13)15-7-3-5-9(14)12(15)16/h2,4,6,9H,3,5,7,14H2,1H3. The Bertz CT molecular complexity index is 419. The van der Waals surface area contributed by atoms with Gasteiger partial charge in [-0.2, -0.15) is 0 Å². The van der Waals surface area contributed by atoms with Gasteiger partial charge in [-0.15, -0.1) is 0 Å². The molecule has 1 saturated heterocycles. The van der Waals surface area contributed by atoms with Crippen LogP contribution in [0.2, 0.25) is 0 Å². The summed E-state index contributed by atoms with van der Waals surface area (Å²) in [6.45, 7) is 2.77. The zero-order valence-corrected chi connectivity index (χ0v) is 10.8. The van der Waals surface area contributed by atoms with E-state index in [0.717, 1.165) is 35.1 Å². The summed E-state index contributed by atoms with van der Waals surface area (Å²) in [5.41, 5.74) is 7.85. The first-order chi connectivity index (χ1) is 7.61. The molecular weight excluding hydrogens is 268 g/mol. The molecule has 1 amide bonds. The number of piperidine rings is 1. The predicted octanol–water partition coefficient (Wildman–Crippen LogP) is 2.21. The minimum atomic E-state index is -0.346. The van der Waals surface area contributed by atoms with Crippen molar-refractivity contribution in [3.8, 4) is 0 Å². The Morgan fingerprint density at radius 3 is 3.00 bits per heavy atom. The number of halogens is 1. The Morgan fingerprint density at radius 2 is 2.25 bits per heavy atom. The maximum absolute atomic E-state index is 12.0. The second kappa shape index (κ2) is 4.55. The van der Waals surface area contributed by atoms with Crippen LogP contribution >= 0.6 is 15.9 Å². The first kappa shape index (κ1) is 11.6. The maximum Gasteiger partial charge on any atom is 0.243 e. The van der Waals surface area contributed by atoms with Gasteiger partial charge in [-0.3, -0.25) is 4.79 Å². The van der Waals surface area contributed by atoms with Gasteiger partial charge in [0, 0.05) is 11.0 Å². The summed E-state index contributed by atoms with van der Waals surface area (Å²) in [5, 5.41) is 0. The SMILES string of the molecule is Cc1cccc(N2CCCC(N)C2=O)c1Br. The van der Waals surface area contributed by atoms with Gasteiger partial charge < -0.3 is 10.6 Å². The molecule has 1 heterocycles. The smallest absolute Gasteiger partial charge is 0.243 e. The maximum atomic E-state index is 12.0. The molecule has 1 aromatic carbocycles. The van der Waals surface area contributed by atoms with Crippen LogP contribution in [-0.2, 0) is 4.79 Å². The Morgan fingerprint density at radius 1 is 1.50 bits per heavy atom. The third kappa shape index (κ3) is 1.99. The molecule has 0 aromatic heterocycles. The molecule has 4 heteroatoms. The molecular formula is C12H15BrN2O. The molecule has 0 spiro atoms. The van der Waals surface area contributed by atoms with Gasteiger partial charge in [0.1, 0.15) is 0 Å². The number of anilines is 1. The van der Waals surface area contributed by atoms with E-state index in [2.05, 4.69) is 15.9 Å². The topological polar surface area (TPSA) is 46.3 Å². The fraction of sp³-hybridized carbons (Fsp3) is 0.417. The van der Waals surface area contributed by atoms with E-state index in [4.69, 9.17) is 5.73 Å². The van der Waals surface area contributed by atoms with Crippen molar-refractivity contribution in [2.45, 2.75) is 25.8 Å². The first-order valence-corrected chi connectivity index (χ1v) is 6.22. The van der Waals surface area contributed by atoms with Gasteiger partial charge in [0.15, 0.2) is 0 Å². The lowest BCUT2D eigenvalue weighted by Crippen LogP contribution is -2.48. The third-order valence-corrected chi connectivity index (χ3v) is 3.97. The Balaban J connectivity index is 2.36. The number of benzene rings is 1. The van der Waals surface area contributed by atoms with Crippen LogP contribution in [0, 0.1) is 6.92 Å². The summed E-state index contributed by atoms with van der Waals surface area (Å²) in [6, 6.07) is 5.58. The van der Waals surface area contributed by atoms with Crippen molar-refractivity contribution < 1.29 is 4.79 Å². The molecule has 0 bridgehead atoms. The van der Waals surface area contributed by atoms with Crippen LogP contribution in [0.5, 0.6) is 0 Å². The van der Waals surface area contributed by atoms with E-state index in [-0.39, 0.29) is 11.9 Å². The third-order valence-electron chi connectivity index (χ3n) is 2.94. The quantitative estimate of drug-likeness (QED) is 0.859. The van der Waals surface area contributed by atoms with Crippen LogP contribution in [0.15, 0.2) is 22.7 Å². The predicted molar refractivity (Wildman–Crippen MR) is 68.4 cm³/mol.